The van der Waals surface area contributed by atoms with Gasteiger partial charge >= 0.3 is 6.18 Å². The Morgan fingerprint density at radius 3 is 2.53 bits per heavy atom. The largest absolute Gasteiger partial charge is 0.492 e. The van der Waals surface area contributed by atoms with Crippen LogP contribution in [-0.4, -0.2) is 32.8 Å². The van der Waals surface area contributed by atoms with Gasteiger partial charge in [-0.1, -0.05) is 0 Å². The summed E-state index contributed by atoms with van der Waals surface area (Å²) in [4.78, 5) is 1.93. The van der Waals surface area contributed by atoms with Crippen molar-refractivity contribution in [2.45, 2.75) is 13.1 Å². The standard InChI is InChI=1S/C13H17F3N2O/c1-2-19-12-4-3-10(13(14,15)16)9-11(12)18-7-5-17-6-8-18/h3-4,9,17H,2,5-8H2,1H3. The lowest BCUT2D eigenvalue weighted by atomic mass is 10.1. The van der Waals surface area contributed by atoms with E-state index >= 15 is 0 Å². The van der Waals surface area contributed by atoms with Crippen LogP contribution in [0.5, 0.6) is 5.75 Å². The van der Waals surface area contributed by atoms with Crippen LogP contribution in [0.3, 0.4) is 0 Å². The minimum Gasteiger partial charge on any atom is -0.492 e. The fourth-order valence-corrected chi connectivity index (χ4v) is 2.12. The first-order chi connectivity index (χ1) is 9.02. The normalized spacial score (nSPS) is 16.5. The van der Waals surface area contributed by atoms with Crippen molar-refractivity contribution in [3.8, 4) is 5.75 Å². The molecule has 106 valence electrons. The molecule has 0 radical (unpaired) electrons. The van der Waals surface area contributed by atoms with Crippen molar-refractivity contribution in [2.24, 2.45) is 0 Å². The van der Waals surface area contributed by atoms with Gasteiger partial charge in [-0.25, -0.2) is 0 Å². The molecule has 1 aromatic carbocycles. The Balaban J connectivity index is 2.35. The number of nitrogens with zero attached hydrogens (tertiary/aromatic N) is 1. The van der Waals surface area contributed by atoms with E-state index in [1.807, 2.05) is 11.8 Å². The molecule has 0 amide bonds. The molecule has 0 atom stereocenters. The summed E-state index contributed by atoms with van der Waals surface area (Å²) in [6.07, 6.45) is -4.33. The summed E-state index contributed by atoms with van der Waals surface area (Å²) in [5, 5.41) is 3.18. The predicted molar refractivity (Wildman–Crippen MR) is 67.7 cm³/mol. The van der Waals surface area contributed by atoms with E-state index in [-0.39, 0.29) is 0 Å². The molecule has 1 heterocycles. The molecule has 1 N–H and O–H groups in total. The van der Waals surface area contributed by atoms with E-state index in [0.29, 0.717) is 31.1 Å². The van der Waals surface area contributed by atoms with E-state index in [9.17, 15) is 13.2 Å². The number of anilines is 1. The first-order valence-corrected chi connectivity index (χ1v) is 6.32. The Bertz CT molecular complexity index is 428. The third kappa shape index (κ3) is 3.32. The number of benzene rings is 1. The number of hydrogen-bond acceptors (Lipinski definition) is 3. The minimum absolute atomic E-state index is 0.435. The maximum Gasteiger partial charge on any atom is 0.416 e. The number of ether oxygens (including phenoxy) is 1. The summed E-state index contributed by atoms with van der Waals surface area (Å²) in [6.45, 7) is 5.15. The zero-order chi connectivity index (χ0) is 13.9. The molecule has 0 bridgehead atoms. The van der Waals surface area contributed by atoms with Gasteiger partial charge < -0.3 is 15.0 Å². The Labute approximate surface area is 110 Å². The molecule has 0 spiro atoms. The van der Waals surface area contributed by atoms with Crippen LogP contribution in [0.25, 0.3) is 0 Å². The second kappa shape index (κ2) is 5.69. The summed E-state index contributed by atoms with van der Waals surface area (Å²) in [7, 11) is 0. The number of alkyl halides is 3. The molecule has 6 heteroatoms. The molecule has 0 aromatic heterocycles. The zero-order valence-corrected chi connectivity index (χ0v) is 10.8. The van der Waals surface area contributed by atoms with Crippen LogP contribution in [0.1, 0.15) is 12.5 Å². The SMILES string of the molecule is CCOc1ccc(C(F)(F)F)cc1N1CCNCC1. The summed E-state index contributed by atoms with van der Waals surface area (Å²) in [5.74, 6) is 0.511. The van der Waals surface area contributed by atoms with E-state index < -0.39 is 11.7 Å². The Morgan fingerprint density at radius 1 is 1.26 bits per heavy atom. The minimum atomic E-state index is -4.33. The van der Waals surface area contributed by atoms with Gasteiger partial charge in [0.2, 0.25) is 0 Å². The molecule has 0 aliphatic carbocycles. The van der Waals surface area contributed by atoms with Crippen LogP contribution in [0.4, 0.5) is 18.9 Å². The lowest BCUT2D eigenvalue weighted by Crippen LogP contribution is -2.43. The molecule has 1 aliphatic heterocycles. The maximum absolute atomic E-state index is 12.8. The van der Waals surface area contributed by atoms with Gasteiger partial charge in [-0.05, 0) is 25.1 Å². The lowest BCUT2D eigenvalue weighted by molar-refractivity contribution is -0.137. The molecule has 0 saturated carbocycles. The van der Waals surface area contributed by atoms with E-state index in [1.165, 1.54) is 12.1 Å². The van der Waals surface area contributed by atoms with Gasteiger partial charge in [-0.15, -0.1) is 0 Å². The van der Waals surface area contributed by atoms with Crippen LogP contribution in [0, 0.1) is 0 Å². The van der Waals surface area contributed by atoms with Crippen LogP contribution in [0.15, 0.2) is 18.2 Å². The highest BCUT2D eigenvalue weighted by atomic mass is 19.4. The quantitative estimate of drug-likeness (QED) is 0.916. The first-order valence-electron chi connectivity index (χ1n) is 6.32. The highest BCUT2D eigenvalue weighted by Crippen LogP contribution is 2.36. The van der Waals surface area contributed by atoms with E-state index in [4.69, 9.17) is 4.74 Å². The average molecular weight is 274 g/mol. The van der Waals surface area contributed by atoms with Gasteiger partial charge in [-0.2, -0.15) is 13.2 Å². The summed E-state index contributed by atoms with van der Waals surface area (Å²) in [5.41, 5.74) is -0.109. The van der Waals surface area contributed by atoms with Gasteiger partial charge in [0.05, 0.1) is 17.9 Å². The molecular formula is C13H17F3N2O. The fourth-order valence-electron chi connectivity index (χ4n) is 2.12. The van der Waals surface area contributed by atoms with Gasteiger partial charge in [-0.3, -0.25) is 0 Å². The third-order valence-electron chi connectivity index (χ3n) is 3.04. The van der Waals surface area contributed by atoms with E-state index in [2.05, 4.69) is 5.32 Å². The highest BCUT2D eigenvalue weighted by Gasteiger charge is 2.32. The smallest absolute Gasteiger partial charge is 0.416 e. The Morgan fingerprint density at radius 2 is 1.95 bits per heavy atom. The summed E-state index contributed by atoms with van der Waals surface area (Å²) < 4.78 is 43.8. The van der Waals surface area contributed by atoms with E-state index in [1.54, 1.807) is 0 Å². The van der Waals surface area contributed by atoms with Crippen molar-refractivity contribution >= 4 is 5.69 Å². The molecule has 0 unspecified atom stereocenters. The molecule has 1 aromatic rings. The van der Waals surface area contributed by atoms with Crippen molar-refractivity contribution in [1.82, 2.24) is 5.32 Å². The summed E-state index contributed by atoms with van der Waals surface area (Å²) >= 11 is 0. The third-order valence-corrected chi connectivity index (χ3v) is 3.04. The van der Waals surface area contributed by atoms with Crippen LogP contribution >= 0.6 is 0 Å². The van der Waals surface area contributed by atoms with Gasteiger partial charge in [0.15, 0.2) is 0 Å². The average Bonchev–Trinajstić information content (AvgIpc) is 2.39. The number of rotatable bonds is 3. The second-order valence-corrected chi connectivity index (χ2v) is 4.35. The first kappa shape index (κ1) is 14.0. The second-order valence-electron chi connectivity index (χ2n) is 4.35. The van der Waals surface area contributed by atoms with Gasteiger partial charge in [0, 0.05) is 26.2 Å². The number of hydrogen-bond donors (Lipinski definition) is 1. The molecule has 3 nitrogen and oxygen atoms in total. The van der Waals surface area contributed by atoms with Crippen molar-refractivity contribution in [1.29, 1.82) is 0 Å². The monoisotopic (exact) mass is 274 g/mol. The fraction of sp³-hybridized carbons (Fsp3) is 0.538. The number of piperazine rings is 1. The molecule has 1 fully saturated rings. The molecule has 2 rings (SSSR count). The van der Waals surface area contributed by atoms with Gasteiger partial charge in [0.1, 0.15) is 5.75 Å². The number of nitrogens with one attached hydrogen (secondary N) is 1. The highest BCUT2D eigenvalue weighted by molar-refractivity contribution is 5.61. The van der Waals surface area contributed by atoms with Crippen molar-refractivity contribution in [2.75, 3.05) is 37.7 Å². The van der Waals surface area contributed by atoms with Crippen LogP contribution in [0.2, 0.25) is 0 Å². The number of halogens is 3. The molecular weight excluding hydrogens is 257 g/mol. The van der Waals surface area contributed by atoms with Crippen LogP contribution in [-0.2, 0) is 6.18 Å². The lowest BCUT2D eigenvalue weighted by Gasteiger charge is -2.31. The summed E-state index contributed by atoms with van der Waals surface area (Å²) in [6, 6.07) is 3.65. The Kier molecular flexibility index (Phi) is 4.19. The van der Waals surface area contributed by atoms with Crippen molar-refractivity contribution in [3.05, 3.63) is 23.8 Å². The predicted octanol–water partition coefficient (Wildman–Crippen LogP) is 2.51. The maximum atomic E-state index is 12.8. The molecule has 1 aliphatic rings. The van der Waals surface area contributed by atoms with E-state index in [0.717, 1.165) is 19.2 Å². The Hall–Kier alpha value is -1.43. The zero-order valence-electron chi connectivity index (χ0n) is 10.8. The molecule has 19 heavy (non-hydrogen) atoms. The van der Waals surface area contributed by atoms with Crippen LogP contribution < -0.4 is 15.0 Å². The topological polar surface area (TPSA) is 24.5 Å². The van der Waals surface area contributed by atoms with Crippen molar-refractivity contribution < 1.29 is 17.9 Å². The van der Waals surface area contributed by atoms with Crippen molar-refractivity contribution in [3.63, 3.8) is 0 Å². The van der Waals surface area contributed by atoms with Gasteiger partial charge in [0.25, 0.3) is 0 Å². The molecule has 1 saturated heterocycles.